The van der Waals surface area contributed by atoms with Crippen LogP contribution in [-0.2, 0) is 9.53 Å². The van der Waals surface area contributed by atoms with E-state index in [0.717, 1.165) is 6.42 Å². The fourth-order valence-corrected chi connectivity index (χ4v) is 1.47. The Morgan fingerprint density at radius 1 is 1.77 bits per heavy atom. The monoisotopic (exact) mass is 187 g/mol. The molecule has 1 amide bonds. The van der Waals surface area contributed by atoms with Crippen LogP contribution >= 0.6 is 0 Å². The lowest BCUT2D eigenvalue weighted by molar-refractivity contribution is -0.127. The summed E-state index contributed by atoms with van der Waals surface area (Å²) in [5, 5.41) is 11.5. The van der Waals surface area contributed by atoms with E-state index in [2.05, 4.69) is 5.32 Å². The van der Waals surface area contributed by atoms with Gasteiger partial charge in [0.2, 0.25) is 5.91 Å². The molecular formula is C9H17NO3. The summed E-state index contributed by atoms with van der Waals surface area (Å²) in [6, 6.07) is -0.166. The number of aliphatic hydroxyl groups is 1. The number of carbonyl (C=O) groups excluding carboxylic acids is 1. The van der Waals surface area contributed by atoms with Gasteiger partial charge in [-0.05, 0) is 20.3 Å². The molecule has 2 unspecified atom stereocenters. The molecule has 0 aromatic carbocycles. The second kappa shape index (κ2) is 4.58. The van der Waals surface area contributed by atoms with E-state index >= 15 is 0 Å². The Balaban J connectivity index is 2.38. The van der Waals surface area contributed by atoms with Gasteiger partial charge in [-0.15, -0.1) is 0 Å². The third-order valence-corrected chi connectivity index (χ3v) is 2.38. The minimum Gasteiger partial charge on any atom is -0.394 e. The molecule has 4 nitrogen and oxygen atoms in total. The van der Waals surface area contributed by atoms with Crippen molar-refractivity contribution in [3.63, 3.8) is 0 Å². The summed E-state index contributed by atoms with van der Waals surface area (Å²) in [6.07, 6.45) is 0.788. The number of nitrogens with one attached hydrogen (secondary N) is 1. The number of ether oxygens (including phenoxy) is 1. The van der Waals surface area contributed by atoms with Crippen molar-refractivity contribution in [1.82, 2.24) is 5.32 Å². The number of hydrogen-bond donors (Lipinski definition) is 2. The second-order valence-electron chi connectivity index (χ2n) is 3.56. The van der Waals surface area contributed by atoms with E-state index < -0.39 is 0 Å². The largest absolute Gasteiger partial charge is 0.394 e. The van der Waals surface area contributed by atoms with Gasteiger partial charge in [-0.1, -0.05) is 0 Å². The van der Waals surface area contributed by atoms with Gasteiger partial charge in [0.15, 0.2) is 0 Å². The third-order valence-electron chi connectivity index (χ3n) is 2.38. The maximum Gasteiger partial charge on any atom is 0.226 e. The molecule has 3 atom stereocenters. The topological polar surface area (TPSA) is 58.6 Å². The van der Waals surface area contributed by atoms with Crippen LogP contribution in [0.3, 0.4) is 0 Å². The second-order valence-corrected chi connectivity index (χ2v) is 3.56. The summed E-state index contributed by atoms with van der Waals surface area (Å²) >= 11 is 0. The molecule has 1 saturated heterocycles. The molecule has 0 aromatic rings. The smallest absolute Gasteiger partial charge is 0.226 e. The maximum absolute atomic E-state index is 11.5. The van der Waals surface area contributed by atoms with E-state index in [9.17, 15) is 4.79 Å². The van der Waals surface area contributed by atoms with Crippen molar-refractivity contribution >= 4 is 5.91 Å². The first-order valence-electron chi connectivity index (χ1n) is 4.68. The van der Waals surface area contributed by atoms with E-state index in [-0.39, 0.29) is 30.6 Å². The highest BCUT2D eigenvalue weighted by Crippen LogP contribution is 2.20. The van der Waals surface area contributed by atoms with Crippen LogP contribution in [0.25, 0.3) is 0 Å². The molecule has 2 N–H and O–H groups in total. The fourth-order valence-electron chi connectivity index (χ4n) is 1.47. The van der Waals surface area contributed by atoms with Crippen LogP contribution in [0.4, 0.5) is 0 Å². The predicted octanol–water partition coefficient (Wildman–Crippen LogP) is -0.0916. The molecule has 1 aliphatic heterocycles. The fraction of sp³-hybridized carbons (Fsp3) is 0.889. The highest BCUT2D eigenvalue weighted by Gasteiger charge is 2.30. The van der Waals surface area contributed by atoms with E-state index in [1.54, 1.807) is 6.92 Å². The molecule has 0 spiro atoms. The lowest BCUT2D eigenvalue weighted by Gasteiger charge is -2.17. The van der Waals surface area contributed by atoms with E-state index in [1.165, 1.54) is 0 Å². The van der Waals surface area contributed by atoms with Crippen LogP contribution in [0, 0.1) is 5.92 Å². The summed E-state index contributed by atoms with van der Waals surface area (Å²) in [6.45, 7) is 4.32. The van der Waals surface area contributed by atoms with Crippen molar-refractivity contribution in [1.29, 1.82) is 0 Å². The zero-order valence-electron chi connectivity index (χ0n) is 8.12. The SMILES string of the molecule is CC1OCCC1C(=O)N[C@H](C)CO. The minimum atomic E-state index is -0.166. The zero-order chi connectivity index (χ0) is 9.84. The summed E-state index contributed by atoms with van der Waals surface area (Å²) < 4.78 is 5.28. The van der Waals surface area contributed by atoms with Crippen molar-refractivity contribution < 1.29 is 14.6 Å². The van der Waals surface area contributed by atoms with E-state index in [0.29, 0.717) is 6.61 Å². The van der Waals surface area contributed by atoms with Crippen LogP contribution < -0.4 is 5.32 Å². The average Bonchev–Trinajstić information content (AvgIpc) is 2.51. The van der Waals surface area contributed by atoms with Gasteiger partial charge in [0.05, 0.1) is 18.6 Å². The standard InChI is InChI=1S/C9H17NO3/c1-6(5-11)10-9(12)8-3-4-13-7(8)2/h6-8,11H,3-5H2,1-2H3,(H,10,12)/t6-,7?,8?/m1/s1. The normalized spacial score (nSPS) is 30.1. The van der Waals surface area contributed by atoms with Gasteiger partial charge in [0, 0.05) is 12.6 Å². The maximum atomic E-state index is 11.5. The summed E-state index contributed by atoms with van der Waals surface area (Å²) in [7, 11) is 0. The lowest BCUT2D eigenvalue weighted by Crippen LogP contribution is -2.41. The Kier molecular flexibility index (Phi) is 3.69. The molecule has 0 saturated carbocycles. The lowest BCUT2D eigenvalue weighted by atomic mass is 10.0. The number of carbonyl (C=O) groups is 1. The van der Waals surface area contributed by atoms with Crippen LogP contribution in [0.2, 0.25) is 0 Å². The number of rotatable bonds is 3. The molecule has 76 valence electrons. The molecular weight excluding hydrogens is 170 g/mol. The van der Waals surface area contributed by atoms with Gasteiger partial charge in [-0.25, -0.2) is 0 Å². The van der Waals surface area contributed by atoms with Gasteiger partial charge in [0.1, 0.15) is 0 Å². The van der Waals surface area contributed by atoms with Crippen molar-refractivity contribution in [2.45, 2.75) is 32.4 Å². The molecule has 4 heteroatoms. The van der Waals surface area contributed by atoms with Gasteiger partial charge in [0.25, 0.3) is 0 Å². The molecule has 13 heavy (non-hydrogen) atoms. The molecule has 0 aromatic heterocycles. The highest BCUT2D eigenvalue weighted by atomic mass is 16.5. The summed E-state index contributed by atoms with van der Waals surface area (Å²) in [5.74, 6) is -0.0550. The number of hydrogen-bond acceptors (Lipinski definition) is 3. The van der Waals surface area contributed by atoms with Gasteiger partial charge in [-0.2, -0.15) is 0 Å². The summed E-state index contributed by atoms with van der Waals surface area (Å²) in [5.41, 5.74) is 0. The average molecular weight is 187 g/mol. The molecule has 1 rings (SSSR count). The van der Waals surface area contributed by atoms with Gasteiger partial charge >= 0.3 is 0 Å². The Morgan fingerprint density at radius 3 is 2.92 bits per heavy atom. The summed E-state index contributed by atoms with van der Waals surface area (Å²) in [4.78, 5) is 11.5. The third kappa shape index (κ3) is 2.67. The first kappa shape index (κ1) is 10.5. The highest BCUT2D eigenvalue weighted by molar-refractivity contribution is 5.79. The first-order chi connectivity index (χ1) is 6.15. The van der Waals surface area contributed by atoms with Crippen LogP contribution in [0.5, 0.6) is 0 Å². The number of aliphatic hydroxyl groups excluding tert-OH is 1. The van der Waals surface area contributed by atoms with Crippen molar-refractivity contribution in [3.05, 3.63) is 0 Å². The van der Waals surface area contributed by atoms with E-state index in [1.807, 2.05) is 6.92 Å². The van der Waals surface area contributed by atoms with Crippen molar-refractivity contribution in [3.8, 4) is 0 Å². The first-order valence-corrected chi connectivity index (χ1v) is 4.68. The number of amides is 1. The Labute approximate surface area is 78.3 Å². The van der Waals surface area contributed by atoms with Gasteiger partial charge in [-0.3, -0.25) is 4.79 Å². The molecule has 1 heterocycles. The Hall–Kier alpha value is -0.610. The molecule has 1 fully saturated rings. The Morgan fingerprint density at radius 2 is 2.46 bits per heavy atom. The zero-order valence-corrected chi connectivity index (χ0v) is 8.12. The van der Waals surface area contributed by atoms with Crippen LogP contribution in [-0.4, -0.2) is 36.4 Å². The quantitative estimate of drug-likeness (QED) is 0.649. The molecule has 0 radical (unpaired) electrons. The Bertz CT molecular complexity index is 184. The van der Waals surface area contributed by atoms with E-state index in [4.69, 9.17) is 9.84 Å². The predicted molar refractivity (Wildman–Crippen MR) is 48.2 cm³/mol. The molecule has 0 aliphatic carbocycles. The van der Waals surface area contributed by atoms with Crippen molar-refractivity contribution in [2.75, 3.05) is 13.2 Å². The van der Waals surface area contributed by atoms with Gasteiger partial charge < -0.3 is 15.2 Å². The minimum absolute atomic E-state index is 0.00546. The van der Waals surface area contributed by atoms with Crippen LogP contribution in [0.1, 0.15) is 20.3 Å². The van der Waals surface area contributed by atoms with Crippen LogP contribution in [0.15, 0.2) is 0 Å². The molecule has 0 bridgehead atoms. The molecule has 1 aliphatic rings. The van der Waals surface area contributed by atoms with Crippen molar-refractivity contribution in [2.24, 2.45) is 5.92 Å².